The molecule has 1 aliphatic rings. The van der Waals surface area contributed by atoms with E-state index >= 15 is 0 Å². The van der Waals surface area contributed by atoms with Gasteiger partial charge in [0, 0.05) is 0 Å². The average Bonchev–Trinajstić information content (AvgIpc) is 3.13. The third kappa shape index (κ3) is 12.3. The molecular formula is C43H56O7. The first kappa shape index (κ1) is 38.7. The maximum atomic E-state index is 13.6. The smallest absolute Gasteiger partial charge is 0.338 e. The van der Waals surface area contributed by atoms with Crippen molar-refractivity contribution >= 4 is 17.9 Å². The van der Waals surface area contributed by atoms with Gasteiger partial charge in [0.15, 0.2) is 0 Å². The van der Waals surface area contributed by atoms with E-state index in [2.05, 4.69) is 13.8 Å². The Morgan fingerprint density at radius 1 is 0.680 bits per heavy atom. The number of carbonyl (C=O) groups is 3. The fraction of sp³-hybridized carbons (Fsp3) is 0.512. The lowest BCUT2D eigenvalue weighted by atomic mass is 9.81. The molecule has 0 bridgehead atoms. The fourth-order valence-electron chi connectivity index (χ4n) is 6.38. The summed E-state index contributed by atoms with van der Waals surface area (Å²) in [6.45, 7) is 6.94. The minimum Gasteiger partial charge on any atom is -0.494 e. The Balaban J connectivity index is 1.30. The number of esters is 3. The summed E-state index contributed by atoms with van der Waals surface area (Å²) >= 11 is 0. The molecule has 0 heterocycles. The van der Waals surface area contributed by atoms with Gasteiger partial charge in [0.05, 0.1) is 24.0 Å². The number of aryl methyl sites for hydroxylation is 1. The Labute approximate surface area is 299 Å². The van der Waals surface area contributed by atoms with Crippen LogP contribution in [0.4, 0.5) is 0 Å². The standard InChI is InChI=1S/C43H56O7/c1-4-6-8-10-11-12-13-17-31-47-35-26-28-37(29-27-35)49-43(46)39-30-23-33-19-15-16-20-38(33)40(39)50-42(45)34-21-24-36(25-22-34)48-41(44)32(3)18-14-9-7-5-2/h15-16,19-22,24-29,32,39-40H,4-14,17-18,23,30-31H2,1-3H3/t32-,39?,40?/m0/s1. The number of fused-ring (bicyclic) bond motifs is 1. The number of hydrogen-bond acceptors (Lipinski definition) is 7. The number of ether oxygens (including phenoxy) is 4. The Morgan fingerprint density at radius 2 is 1.26 bits per heavy atom. The fourth-order valence-corrected chi connectivity index (χ4v) is 6.38. The van der Waals surface area contributed by atoms with E-state index in [1.807, 2.05) is 43.3 Å². The maximum absolute atomic E-state index is 13.6. The van der Waals surface area contributed by atoms with Crippen LogP contribution in [0.2, 0.25) is 0 Å². The zero-order chi connectivity index (χ0) is 35.6. The molecule has 0 radical (unpaired) electrons. The molecule has 0 spiro atoms. The predicted octanol–water partition coefficient (Wildman–Crippen LogP) is 10.8. The zero-order valence-electron chi connectivity index (χ0n) is 30.3. The third-order valence-electron chi connectivity index (χ3n) is 9.50. The normalized spacial score (nSPS) is 15.8. The summed E-state index contributed by atoms with van der Waals surface area (Å²) in [6.07, 6.45) is 15.5. The van der Waals surface area contributed by atoms with Crippen LogP contribution in [0, 0.1) is 11.8 Å². The number of unbranched alkanes of at least 4 members (excludes halogenated alkanes) is 10. The molecule has 0 aliphatic heterocycles. The zero-order valence-corrected chi connectivity index (χ0v) is 30.3. The Kier molecular flexibility index (Phi) is 16.4. The quantitative estimate of drug-likeness (QED) is 0.0627. The van der Waals surface area contributed by atoms with Gasteiger partial charge in [-0.15, -0.1) is 0 Å². The molecule has 2 unspecified atom stereocenters. The first-order valence-corrected chi connectivity index (χ1v) is 18.9. The van der Waals surface area contributed by atoms with E-state index in [1.54, 1.807) is 36.4 Å². The van der Waals surface area contributed by atoms with Crippen LogP contribution < -0.4 is 14.2 Å². The van der Waals surface area contributed by atoms with Gasteiger partial charge in [-0.25, -0.2) is 4.79 Å². The number of hydrogen-bond donors (Lipinski definition) is 0. The Bertz CT molecular complexity index is 1460. The molecule has 3 aromatic rings. The van der Waals surface area contributed by atoms with E-state index in [9.17, 15) is 14.4 Å². The largest absolute Gasteiger partial charge is 0.494 e. The van der Waals surface area contributed by atoms with Gasteiger partial charge < -0.3 is 18.9 Å². The summed E-state index contributed by atoms with van der Waals surface area (Å²) < 4.78 is 23.3. The molecule has 0 saturated carbocycles. The molecule has 0 fully saturated rings. The topological polar surface area (TPSA) is 88.1 Å². The van der Waals surface area contributed by atoms with E-state index < -0.39 is 24.0 Å². The molecule has 0 N–H and O–H groups in total. The number of rotatable bonds is 21. The Hall–Kier alpha value is -4.13. The molecule has 1 aliphatic carbocycles. The second-order valence-electron chi connectivity index (χ2n) is 13.6. The summed E-state index contributed by atoms with van der Waals surface area (Å²) in [4.78, 5) is 39.5. The predicted molar refractivity (Wildman–Crippen MR) is 197 cm³/mol. The molecule has 0 saturated heterocycles. The Morgan fingerprint density at radius 3 is 1.96 bits per heavy atom. The van der Waals surface area contributed by atoms with Crippen molar-refractivity contribution < 1.29 is 33.3 Å². The van der Waals surface area contributed by atoms with E-state index in [0.717, 1.165) is 61.8 Å². The minimum absolute atomic E-state index is 0.199. The van der Waals surface area contributed by atoms with Crippen LogP contribution in [0.5, 0.6) is 17.2 Å². The molecule has 3 aromatic carbocycles. The van der Waals surface area contributed by atoms with Crippen molar-refractivity contribution in [3.63, 3.8) is 0 Å². The lowest BCUT2D eigenvalue weighted by Crippen LogP contribution is -2.33. The van der Waals surface area contributed by atoms with Gasteiger partial charge in [-0.1, -0.05) is 116 Å². The summed E-state index contributed by atoms with van der Waals surface area (Å²) in [6, 6.07) is 21.2. The van der Waals surface area contributed by atoms with Crippen molar-refractivity contribution in [1.29, 1.82) is 0 Å². The molecule has 4 rings (SSSR count). The first-order chi connectivity index (χ1) is 24.4. The summed E-state index contributed by atoms with van der Waals surface area (Å²) in [5, 5.41) is 0. The van der Waals surface area contributed by atoms with Crippen molar-refractivity contribution in [1.82, 2.24) is 0 Å². The molecule has 7 heteroatoms. The lowest BCUT2D eigenvalue weighted by molar-refractivity contribution is -0.144. The number of carbonyl (C=O) groups excluding carboxylic acids is 3. The van der Waals surface area contributed by atoms with Crippen LogP contribution in [0.3, 0.4) is 0 Å². The molecule has 270 valence electrons. The molecular weight excluding hydrogens is 628 g/mol. The van der Waals surface area contributed by atoms with E-state index in [4.69, 9.17) is 18.9 Å². The van der Waals surface area contributed by atoms with Gasteiger partial charge in [-0.05, 0) is 85.3 Å². The first-order valence-electron chi connectivity index (χ1n) is 18.9. The van der Waals surface area contributed by atoms with E-state index in [-0.39, 0.29) is 11.9 Å². The second-order valence-corrected chi connectivity index (χ2v) is 13.6. The monoisotopic (exact) mass is 684 g/mol. The van der Waals surface area contributed by atoms with Crippen molar-refractivity contribution in [3.05, 3.63) is 89.5 Å². The van der Waals surface area contributed by atoms with Crippen LogP contribution in [0.1, 0.15) is 138 Å². The summed E-state index contributed by atoms with van der Waals surface area (Å²) in [7, 11) is 0. The van der Waals surface area contributed by atoms with Gasteiger partial charge in [0.25, 0.3) is 0 Å². The van der Waals surface area contributed by atoms with Crippen LogP contribution >= 0.6 is 0 Å². The van der Waals surface area contributed by atoms with Gasteiger partial charge >= 0.3 is 17.9 Å². The highest BCUT2D eigenvalue weighted by Gasteiger charge is 2.38. The van der Waals surface area contributed by atoms with Crippen molar-refractivity contribution in [3.8, 4) is 17.2 Å². The van der Waals surface area contributed by atoms with Crippen LogP contribution in [-0.4, -0.2) is 24.5 Å². The molecule has 7 nitrogen and oxygen atoms in total. The van der Waals surface area contributed by atoms with Crippen LogP contribution in [0.25, 0.3) is 0 Å². The van der Waals surface area contributed by atoms with Crippen LogP contribution in [-0.2, 0) is 20.7 Å². The van der Waals surface area contributed by atoms with Crippen molar-refractivity contribution in [2.45, 2.75) is 123 Å². The minimum atomic E-state index is -0.805. The SMILES string of the molecule is CCCCCCCCCCOc1ccc(OC(=O)C2CCc3ccccc3C2OC(=O)c2ccc(OC(=O)[C@@H](C)CCCCCC)cc2)cc1. The second kappa shape index (κ2) is 21.2. The molecule has 50 heavy (non-hydrogen) atoms. The van der Waals surface area contributed by atoms with Gasteiger partial charge in [-0.3, -0.25) is 9.59 Å². The third-order valence-corrected chi connectivity index (χ3v) is 9.50. The van der Waals surface area contributed by atoms with Crippen molar-refractivity contribution in [2.75, 3.05) is 6.61 Å². The van der Waals surface area contributed by atoms with E-state index in [0.29, 0.717) is 36.5 Å². The lowest BCUT2D eigenvalue weighted by Gasteiger charge is -2.31. The highest BCUT2D eigenvalue weighted by atomic mass is 16.6. The summed E-state index contributed by atoms with van der Waals surface area (Å²) in [5.74, 6) is -0.636. The van der Waals surface area contributed by atoms with Gasteiger partial charge in [0.1, 0.15) is 23.4 Å². The van der Waals surface area contributed by atoms with E-state index in [1.165, 1.54) is 38.5 Å². The van der Waals surface area contributed by atoms with Gasteiger partial charge in [-0.2, -0.15) is 0 Å². The number of benzene rings is 3. The average molecular weight is 685 g/mol. The highest BCUT2D eigenvalue weighted by molar-refractivity contribution is 5.90. The maximum Gasteiger partial charge on any atom is 0.338 e. The van der Waals surface area contributed by atoms with Crippen LogP contribution in [0.15, 0.2) is 72.8 Å². The molecule has 0 amide bonds. The molecule has 3 atom stereocenters. The highest BCUT2D eigenvalue weighted by Crippen LogP contribution is 2.39. The molecule has 0 aromatic heterocycles. The van der Waals surface area contributed by atoms with Gasteiger partial charge in [0.2, 0.25) is 0 Å². The van der Waals surface area contributed by atoms with Crippen molar-refractivity contribution in [2.24, 2.45) is 11.8 Å². The summed E-state index contributed by atoms with van der Waals surface area (Å²) in [5.41, 5.74) is 2.14.